The first-order valence-corrected chi connectivity index (χ1v) is 7.86. The third-order valence-corrected chi connectivity index (χ3v) is 4.25. The molecule has 0 aliphatic heterocycles. The molecule has 2 rings (SSSR count). The van der Waals surface area contributed by atoms with Gasteiger partial charge in [-0.05, 0) is 36.5 Å². The first-order chi connectivity index (χ1) is 9.74. The average molecular weight is 348 g/mol. The number of halogens is 1. The molecule has 1 heterocycles. The van der Waals surface area contributed by atoms with Crippen molar-refractivity contribution in [2.75, 3.05) is 12.4 Å². The summed E-state index contributed by atoms with van der Waals surface area (Å²) >= 11 is 3.71. The van der Waals surface area contributed by atoms with E-state index in [-0.39, 0.29) is 5.41 Å². The Morgan fingerprint density at radius 1 is 1.05 bits per heavy atom. The van der Waals surface area contributed by atoms with E-state index in [0.717, 1.165) is 27.0 Å². The van der Waals surface area contributed by atoms with E-state index >= 15 is 0 Å². The molecule has 2 aromatic rings. The van der Waals surface area contributed by atoms with Crippen LogP contribution in [0.5, 0.6) is 0 Å². The predicted molar refractivity (Wildman–Crippen MR) is 92.9 cm³/mol. The number of benzene rings is 1. The van der Waals surface area contributed by atoms with Gasteiger partial charge in [0.2, 0.25) is 5.95 Å². The van der Waals surface area contributed by atoms with Crippen molar-refractivity contribution in [3.05, 3.63) is 39.6 Å². The molecule has 0 aliphatic rings. The zero-order valence-corrected chi connectivity index (χ0v) is 15.1. The summed E-state index contributed by atoms with van der Waals surface area (Å²) in [6, 6.07) is 6.54. The second-order valence-corrected chi connectivity index (χ2v) is 7.14. The van der Waals surface area contributed by atoms with Gasteiger partial charge in [-0.2, -0.15) is 0 Å². The molecular weight excluding hydrogens is 326 g/mol. The summed E-state index contributed by atoms with van der Waals surface area (Å²) in [6.45, 7) is 10.7. The molecule has 0 saturated heterocycles. The SMILES string of the molecule is CNc1nc(C)c(-c2ccc(C(C)(C)C)cc2Br)c(C)n1. The van der Waals surface area contributed by atoms with Crippen molar-refractivity contribution in [2.24, 2.45) is 0 Å². The van der Waals surface area contributed by atoms with E-state index in [2.05, 4.69) is 70.2 Å². The fraction of sp³-hybridized carbons (Fsp3) is 0.412. The second kappa shape index (κ2) is 5.76. The zero-order valence-electron chi connectivity index (χ0n) is 13.5. The Bertz CT molecular complexity index is 649. The quantitative estimate of drug-likeness (QED) is 0.842. The molecule has 0 atom stereocenters. The molecule has 0 radical (unpaired) electrons. The Labute approximate surface area is 135 Å². The van der Waals surface area contributed by atoms with E-state index in [1.54, 1.807) is 0 Å². The molecule has 21 heavy (non-hydrogen) atoms. The van der Waals surface area contributed by atoms with Crippen molar-refractivity contribution in [3.63, 3.8) is 0 Å². The van der Waals surface area contributed by atoms with Crippen LogP contribution in [0.15, 0.2) is 22.7 Å². The molecule has 112 valence electrons. The summed E-state index contributed by atoms with van der Waals surface area (Å²) in [5.41, 5.74) is 5.65. The van der Waals surface area contributed by atoms with Gasteiger partial charge in [0.1, 0.15) is 0 Å². The van der Waals surface area contributed by atoms with Gasteiger partial charge in [-0.15, -0.1) is 0 Å². The summed E-state index contributed by atoms with van der Waals surface area (Å²) in [5.74, 6) is 0.663. The highest BCUT2D eigenvalue weighted by atomic mass is 79.9. The van der Waals surface area contributed by atoms with E-state index in [4.69, 9.17) is 0 Å². The maximum Gasteiger partial charge on any atom is 0.222 e. The van der Waals surface area contributed by atoms with E-state index < -0.39 is 0 Å². The number of nitrogens with one attached hydrogen (secondary N) is 1. The van der Waals surface area contributed by atoms with Crippen molar-refractivity contribution >= 4 is 21.9 Å². The number of nitrogens with zero attached hydrogens (tertiary/aromatic N) is 2. The van der Waals surface area contributed by atoms with Crippen LogP contribution >= 0.6 is 15.9 Å². The Balaban J connectivity index is 2.58. The summed E-state index contributed by atoms with van der Waals surface area (Å²) in [7, 11) is 1.84. The van der Waals surface area contributed by atoms with Gasteiger partial charge in [-0.25, -0.2) is 9.97 Å². The summed E-state index contributed by atoms with van der Waals surface area (Å²) < 4.78 is 1.09. The van der Waals surface area contributed by atoms with Gasteiger partial charge in [0.05, 0.1) is 11.4 Å². The summed E-state index contributed by atoms with van der Waals surface area (Å²) in [6.07, 6.45) is 0. The normalized spacial score (nSPS) is 11.6. The number of hydrogen-bond acceptors (Lipinski definition) is 3. The highest BCUT2D eigenvalue weighted by molar-refractivity contribution is 9.10. The molecule has 0 unspecified atom stereocenters. The Hall–Kier alpha value is -1.42. The van der Waals surface area contributed by atoms with Gasteiger partial charge in [-0.3, -0.25) is 0 Å². The minimum absolute atomic E-state index is 0.137. The lowest BCUT2D eigenvalue weighted by atomic mass is 9.86. The van der Waals surface area contributed by atoms with E-state index in [1.807, 2.05) is 20.9 Å². The standard InChI is InChI=1S/C17H22BrN3/c1-10-15(11(2)21-16(19-6)20-10)13-8-7-12(9-14(13)18)17(3,4)5/h7-9H,1-6H3,(H,19,20,21). The van der Waals surface area contributed by atoms with Crippen LogP contribution in [0.3, 0.4) is 0 Å². The number of rotatable bonds is 2. The smallest absolute Gasteiger partial charge is 0.222 e. The maximum absolute atomic E-state index is 4.50. The Kier molecular flexibility index (Phi) is 4.38. The van der Waals surface area contributed by atoms with Crippen molar-refractivity contribution in [1.29, 1.82) is 0 Å². The van der Waals surface area contributed by atoms with Gasteiger partial charge < -0.3 is 5.32 Å². The molecule has 0 bridgehead atoms. The fourth-order valence-corrected chi connectivity index (χ4v) is 2.98. The number of aromatic nitrogens is 2. The molecule has 0 spiro atoms. The van der Waals surface area contributed by atoms with Crippen LogP contribution in [0, 0.1) is 13.8 Å². The first-order valence-electron chi connectivity index (χ1n) is 7.07. The maximum atomic E-state index is 4.50. The lowest BCUT2D eigenvalue weighted by molar-refractivity contribution is 0.590. The molecule has 1 N–H and O–H groups in total. The molecule has 1 aromatic heterocycles. The largest absolute Gasteiger partial charge is 0.357 e. The molecule has 0 saturated carbocycles. The van der Waals surface area contributed by atoms with E-state index in [0.29, 0.717) is 5.95 Å². The third kappa shape index (κ3) is 3.26. The molecule has 1 aromatic carbocycles. The monoisotopic (exact) mass is 347 g/mol. The lowest BCUT2D eigenvalue weighted by Gasteiger charge is -2.21. The number of aryl methyl sites for hydroxylation is 2. The van der Waals surface area contributed by atoms with Crippen LogP contribution in [0.4, 0.5) is 5.95 Å². The summed E-state index contributed by atoms with van der Waals surface area (Å²) in [5, 5.41) is 3.00. The molecular formula is C17H22BrN3. The Morgan fingerprint density at radius 3 is 2.05 bits per heavy atom. The van der Waals surface area contributed by atoms with Gasteiger partial charge >= 0.3 is 0 Å². The lowest BCUT2D eigenvalue weighted by Crippen LogP contribution is -2.11. The minimum atomic E-state index is 0.137. The number of anilines is 1. The first kappa shape index (κ1) is 16.0. The number of hydrogen-bond donors (Lipinski definition) is 1. The summed E-state index contributed by atoms with van der Waals surface area (Å²) in [4.78, 5) is 9.00. The minimum Gasteiger partial charge on any atom is -0.357 e. The van der Waals surface area contributed by atoms with Gasteiger partial charge in [-0.1, -0.05) is 48.8 Å². The Morgan fingerprint density at radius 2 is 1.62 bits per heavy atom. The predicted octanol–water partition coefficient (Wildman–Crippen LogP) is 4.86. The van der Waals surface area contributed by atoms with Crippen LogP contribution in [0.25, 0.3) is 11.1 Å². The zero-order chi connectivity index (χ0) is 15.8. The van der Waals surface area contributed by atoms with Crippen molar-refractivity contribution in [2.45, 2.75) is 40.0 Å². The topological polar surface area (TPSA) is 37.8 Å². The average Bonchev–Trinajstić information content (AvgIpc) is 2.38. The second-order valence-electron chi connectivity index (χ2n) is 6.29. The molecule has 0 aliphatic carbocycles. The molecule has 3 nitrogen and oxygen atoms in total. The van der Waals surface area contributed by atoms with Crippen LogP contribution < -0.4 is 5.32 Å². The molecule has 4 heteroatoms. The highest BCUT2D eigenvalue weighted by Gasteiger charge is 2.17. The van der Waals surface area contributed by atoms with Crippen LogP contribution in [-0.2, 0) is 5.41 Å². The third-order valence-electron chi connectivity index (χ3n) is 3.60. The highest BCUT2D eigenvalue weighted by Crippen LogP contribution is 2.35. The van der Waals surface area contributed by atoms with E-state index in [1.165, 1.54) is 5.56 Å². The van der Waals surface area contributed by atoms with Gasteiger partial charge in [0, 0.05) is 17.1 Å². The van der Waals surface area contributed by atoms with Gasteiger partial charge in [0.15, 0.2) is 0 Å². The fourth-order valence-electron chi connectivity index (χ4n) is 2.40. The van der Waals surface area contributed by atoms with Crippen molar-refractivity contribution in [3.8, 4) is 11.1 Å². The van der Waals surface area contributed by atoms with Crippen LogP contribution in [0.1, 0.15) is 37.7 Å². The molecule has 0 amide bonds. The van der Waals surface area contributed by atoms with Crippen molar-refractivity contribution in [1.82, 2.24) is 9.97 Å². The van der Waals surface area contributed by atoms with Crippen LogP contribution in [0.2, 0.25) is 0 Å². The van der Waals surface area contributed by atoms with E-state index in [9.17, 15) is 0 Å². The van der Waals surface area contributed by atoms with Crippen molar-refractivity contribution < 1.29 is 0 Å². The van der Waals surface area contributed by atoms with Crippen LogP contribution in [-0.4, -0.2) is 17.0 Å². The molecule has 0 fully saturated rings. The van der Waals surface area contributed by atoms with Gasteiger partial charge in [0.25, 0.3) is 0 Å².